The van der Waals surface area contributed by atoms with Crippen LogP contribution in [0.4, 0.5) is 0 Å². The Hall–Kier alpha value is -1.88. The molecular formula is C18H25N3O2. The Morgan fingerprint density at radius 1 is 1.39 bits per heavy atom. The fourth-order valence-electron chi connectivity index (χ4n) is 3.40. The molecule has 0 bridgehead atoms. The first-order valence-corrected chi connectivity index (χ1v) is 8.48. The molecule has 0 unspecified atom stereocenters. The summed E-state index contributed by atoms with van der Waals surface area (Å²) in [5, 5.41) is 13.3. The summed E-state index contributed by atoms with van der Waals surface area (Å²) < 4.78 is 2.01. The van der Waals surface area contributed by atoms with Gasteiger partial charge in [-0.3, -0.25) is 4.79 Å². The van der Waals surface area contributed by atoms with E-state index in [-0.39, 0.29) is 12.3 Å². The van der Waals surface area contributed by atoms with Gasteiger partial charge in [-0.25, -0.2) is 4.98 Å². The molecule has 1 fully saturated rings. The van der Waals surface area contributed by atoms with Crippen LogP contribution in [-0.4, -0.2) is 32.5 Å². The van der Waals surface area contributed by atoms with E-state index in [0.29, 0.717) is 13.0 Å². The average Bonchev–Trinajstić information content (AvgIpc) is 2.92. The molecule has 1 aliphatic carbocycles. The Bertz CT molecular complexity index is 687. The molecule has 1 saturated carbocycles. The van der Waals surface area contributed by atoms with E-state index in [4.69, 9.17) is 0 Å². The second-order valence-electron chi connectivity index (χ2n) is 6.72. The third kappa shape index (κ3) is 3.91. The molecule has 3 rings (SSSR count). The summed E-state index contributed by atoms with van der Waals surface area (Å²) in [6.07, 6.45) is 9.59. The van der Waals surface area contributed by atoms with E-state index in [1.165, 1.54) is 0 Å². The van der Waals surface area contributed by atoms with Crippen molar-refractivity contribution in [3.63, 3.8) is 0 Å². The lowest BCUT2D eigenvalue weighted by Gasteiger charge is -2.31. The Morgan fingerprint density at radius 3 is 2.91 bits per heavy atom. The first-order valence-electron chi connectivity index (χ1n) is 8.48. The summed E-state index contributed by atoms with van der Waals surface area (Å²) in [4.78, 5) is 16.6. The van der Waals surface area contributed by atoms with Crippen molar-refractivity contribution in [2.24, 2.45) is 0 Å². The van der Waals surface area contributed by atoms with Crippen LogP contribution in [-0.2, 0) is 11.2 Å². The number of pyridine rings is 1. The number of nitrogens with one attached hydrogen (secondary N) is 1. The number of imidazole rings is 1. The molecule has 2 N–H and O–H groups in total. The molecule has 1 aliphatic rings. The predicted molar refractivity (Wildman–Crippen MR) is 89.3 cm³/mol. The van der Waals surface area contributed by atoms with E-state index in [0.717, 1.165) is 49.0 Å². The van der Waals surface area contributed by atoms with Gasteiger partial charge in [0, 0.05) is 25.4 Å². The topological polar surface area (TPSA) is 66.6 Å². The lowest BCUT2D eigenvalue weighted by atomic mass is 9.82. The second kappa shape index (κ2) is 6.71. The molecule has 0 saturated heterocycles. The predicted octanol–water partition coefficient (Wildman–Crippen LogP) is 2.39. The number of aliphatic hydroxyl groups is 1. The normalized spacial score (nSPS) is 17.3. The number of hydrogen-bond acceptors (Lipinski definition) is 3. The first-order chi connectivity index (χ1) is 11.1. The summed E-state index contributed by atoms with van der Waals surface area (Å²) in [6, 6.07) is 4.04. The van der Waals surface area contributed by atoms with Gasteiger partial charge in [0.2, 0.25) is 5.91 Å². The number of nitrogens with zero attached hydrogens (tertiary/aromatic N) is 2. The van der Waals surface area contributed by atoms with Crippen LogP contribution >= 0.6 is 0 Å². The maximum Gasteiger partial charge on any atom is 0.222 e. The van der Waals surface area contributed by atoms with Crippen LogP contribution in [0.15, 0.2) is 24.5 Å². The van der Waals surface area contributed by atoms with E-state index in [2.05, 4.69) is 10.3 Å². The molecule has 2 aromatic rings. The Kier molecular flexibility index (Phi) is 4.66. The third-order valence-electron chi connectivity index (χ3n) is 4.70. The fourth-order valence-corrected chi connectivity index (χ4v) is 3.40. The van der Waals surface area contributed by atoms with Crippen LogP contribution in [0.5, 0.6) is 0 Å². The molecule has 0 aromatic carbocycles. The van der Waals surface area contributed by atoms with Crippen molar-refractivity contribution < 1.29 is 9.90 Å². The molecule has 0 atom stereocenters. The summed E-state index contributed by atoms with van der Waals surface area (Å²) >= 11 is 0. The number of fused-ring (bicyclic) bond motifs is 1. The van der Waals surface area contributed by atoms with Gasteiger partial charge in [-0.05, 0) is 31.4 Å². The van der Waals surface area contributed by atoms with Gasteiger partial charge < -0.3 is 14.8 Å². The van der Waals surface area contributed by atoms with E-state index < -0.39 is 5.60 Å². The van der Waals surface area contributed by atoms with Crippen LogP contribution in [0.3, 0.4) is 0 Å². The van der Waals surface area contributed by atoms with Crippen molar-refractivity contribution in [1.29, 1.82) is 0 Å². The number of carbonyl (C=O) groups is 1. The zero-order valence-corrected chi connectivity index (χ0v) is 13.7. The van der Waals surface area contributed by atoms with Crippen molar-refractivity contribution in [1.82, 2.24) is 14.7 Å². The fraction of sp³-hybridized carbons (Fsp3) is 0.556. The van der Waals surface area contributed by atoms with Gasteiger partial charge in [-0.2, -0.15) is 0 Å². The van der Waals surface area contributed by atoms with Gasteiger partial charge in [0.25, 0.3) is 0 Å². The van der Waals surface area contributed by atoms with Crippen LogP contribution < -0.4 is 5.32 Å². The highest BCUT2D eigenvalue weighted by Crippen LogP contribution is 2.30. The molecule has 124 valence electrons. The summed E-state index contributed by atoms with van der Waals surface area (Å²) in [7, 11) is 0. The van der Waals surface area contributed by atoms with Crippen LogP contribution in [0.25, 0.3) is 5.65 Å². The minimum absolute atomic E-state index is 0.0608. The largest absolute Gasteiger partial charge is 0.389 e. The Morgan fingerprint density at radius 2 is 2.17 bits per heavy atom. The van der Waals surface area contributed by atoms with E-state index in [1.54, 1.807) is 0 Å². The summed E-state index contributed by atoms with van der Waals surface area (Å²) in [5.74, 6) is -0.0608. The number of hydrogen-bond donors (Lipinski definition) is 2. The number of aromatic nitrogens is 2. The molecule has 0 aliphatic heterocycles. The van der Waals surface area contributed by atoms with Crippen molar-refractivity contribution in [2.75, 3.05) is 6.54 Å². The lowest BCUT2D eigenvalue weighted by molar-refractivity contribution is -0.127. The Balaban J connectivity index is 1.50. The van der Waals surface area contributed by atoms with E-state index in [1.807, 2.05) is 35.9 Å². The van der Waals surface area contributed by atoms with Gasteiger partial charge in [0.15, 0.2) is 0 Å². The standard InChI is InChI=1S/C18H25N3O2/c1-14-6-5-11-21-13-15(20-17(14)21)7-10-19-16(22)12-18(23)8-3-2-4-9-18/h5-6,11,13,23H,2-4,7-10,12H2,1H3,(H,19,22). The van der Waals surface area contributed by atoms with Gasteiger partial charge in [0.05, 0.1) is 17.7 Å². The highest BCUT2D eigenvalue weighted by Gasteiger charge is 2.31. The lowest BCUT2D eigenvalue weighted by Crippen LogP contribution is -2.38. The SMILES string of the molecule is Cc1cccn2cc(CCNC(=O)CC3(O)CCCCC3)nc12. The number of amides is 1. The molecule has 2 aromatic heterocycles. The highest BCUT2D eigenvalue weighted by molar-refractivity contribution is 5.77. The Labute approximate surface area is 136 Å². The van der Waals surface area contributed by atoms with E-state index in [9.17, 15) is 9.90 Å². The van der Waals surface area contributed by atoms with Crippen molar-refractivity contribution in [2.45, 2.75) is 57.5 Å². The van der Waals surface area contributed by atoms with Crippen molar-refractivity contribution in [3.05, 3.63) is 35.8 Å². The molecule has 1 amide bonds. The number of rotatable bonds is 5. The minimum atomic E-state index is -0.789. The van der Waals surface area contributed by atoms with Gasteiger partial charge in [-0.15, -0.1) is 0 Å². The molecular weight excluding hydrogens is 290 g/mol. The van der Waals surface area contributed by atoms with Gasteiger partial charge in [-0.1, -0.05) is 25.3 Å². The molecule has 5 nitrogen and oxygen atoms in total. The number of aryl methyl sites for hydroxylation is 1. The summed E-state index contributed by atoms with van der Waals surface area (Å²) in [6.45, 7) is 2.59. The molecule has 5 heteroatoms. The minimum Gasteiger partial charge on any atom is -0.389 e. The first kappa shape index (κ1) is 16.0. The third-order valence-corrected chi connectivity index (χ3v) is 4.70. The number of carbonyl (C=O) groups excluding carboxylic acids is 1. The molecule has 2 heterocycles. The smallest absolute Gasteiger partial charge is 0.222 e. The van der Waals surface area contributed by atoms with Crippen LogP contribution in [0, 0.1) is 6.92 Å². The zero-order valence-electron chi connectivity index (χ0n) is 13.7. The quantitative estimate of drug-likeness (QED) is 0.890. The van der Waals surface area contributed by atoms with Gasteiger partial charge in [0.1, 0.15) is 5.65 Å². The van der Waals surface area contributed by atoms with Crippen LogP contribution in [0.1, 0.15) is 49.8 Å². The molecule has 0 spiro atoms. The second-order valence-corrected chi connectivity index (χ2v) is 6.72. The van der Waals surface area contributed by atoms with Crippen molar-refractivity contribution in [3.8, 4) is 0 Å². The maximum atomic E-state index is 12.0. The summed E-state index contributed by atoms with van der Waals surface area (Å²) in [5.41, 5.74) is 2.28. The highest BCUT2D eigenvalue weighted by atomic mass is 16.3. The molecule has 0 radical (unpaired) electrons. The van der Waals surface area contributed by atoms with E-state index >= 15 is 0 Å². The monoisotopic (exact) mass is 315 g/mol. The average molecular weight is 315 g/mol. The van der Waals surface area contributed by atoms with Crippen molar-refractivity contribution >= 4 is 11.6 Å². The zero-order chi connectivity index (χ0) is 16.3. The molecule has 23 heavy (non-hydrogen) atoms. The van der Waals surface area contributed by atoms with Gasteiger partial charge >= 0.3 is 0 Å². The maximum absolute atomic E-state index is 12.0. The van der Waals surface area contributed by atoms with Crippen LogP contribution in [0.2, 0.25) is 0 Å².